The van der Waals surface area contributed by atoms with Gasteiger partial charge < -0.3 is 5.11 Å². The van der Waals surface area contributed by atoms with E-state index in [4.69, 9.17) is 0 Å². The van der Waals surface area contributed by atoms with Gasteiger partial charge in [0.1, 0.15) is 5.76 Å². The number of halogens is 1. The molecule has 33 heavy (non-hydrogen) atoms. The fourth-order valence-corrected chi connectivity index (χ4v) is 4.40. The van der Waals surface area contributed by atoms with E-state index >= 15 is 0 Å². The van der Waals surface area contributed by atoms with Gasteiger partial charge in [0.25, 0.3) is 11.7 Å². The standard InChI is InChI=1S/C28H26BrNO3/c1-17-10-13-19(28(2,3)4)16-22(17)25(31)23-24(18-11-14-20(29)15-12-18)30(27(33)26(23)32)21-8-6-5-7-9-21/h5-16,24,31H,1-4H3/b25-23+. The summed E-state index contributed by atoms with van der Waals surface area (Å²) in [7, 11) is 0. The number of anilines is 1. The fraction of sp³-hybridized carbons (Fsp3) is 0.214. The number of hydrogen-bond acceptors (Lipinski definition) is 3. The third kappa shape index (κ3) is 4.25. The zero-order valence-corrected chi connectivity index (χ0v) is 20.7. The van der Waals surface area contributed by atoms with Crippen LogP contribution in [0.2, 0.25) is 0 Å². The second-order valence-electron chi connectivity index (χ2n) is 9.34. The van der Waals surface area contributed by atoms with E-state index in [-0.39, 0.29) is 16.7 Å². The molecule has 4 rings (SSSR count). The Morgan fingerprint density at radius 1 is 0.939 bits per heavy atom. The predicted octanol–water partition coefficient (Wildman–Crippen LogP) is 6.68. The molecular formula is C28H26BrNO3. The molecule has 0 radical (unpaired) electrons. The van der Waals surface area contributed by atoms with Crippen molar-refractivity contribution in [2.45, 2.75) is 39.2 Å². The topological polar surface area (TPSA) is 57.6 Å². The summed E-state index contributed by atoms with van der Waals surface area (Å²) in [5.41, 5.74) is 3.74. The smallest absolute Gasteiger partial charge is 0.300 e. The molecule has 0 bridgehead atoms. The molecule has 4 nitrogen and oxygen atoms in total. The number of hydrogen-bond donors (Lipinski definition) is 1. The number of aryl methyl sites for hydroxylation is 1. The Hall–Kier alpha value is -3.18. The van der Waals surface area contributed by atoms with Crippen LogP contribution in [-0.2, 0) is 15.0 Å². The number of rotatable bonds is 3. The van der Waals surface area contributed by atoms with E-state index < -0.39 is 17.7 Å². The molecule has 0 spiro atoms. The van der Waals surface area contributed by atoms with Crippen LogP contribution in [0.1, 0.15) is 49.1 Å². The van der Waals surface area contributed by atoms with Crippen LogP contribution in [0.15, 0.2) is 82.8 Å². The Kier molecular flexibility index (Phi) is 6.02. The van der Waals surface area contributed by atoms with Crippen LogP contribution in [0.3, 0.4) is 0 Å². The largest absolute Gasteiger partial charge is 0.507 e. The Morgan fingerprint density at radius 2 is 1.58 bits per heavy atom. The van der Waals surface area contributed by atoms with Gasteiger partial charge in [-0.1, -0.05) is 79.2 Å². The zero-order valence-electron chi connectivity index (χ0n) is 19.1. The van der Waals surface area contributed by atoms with Gasteiger partial charge in [0.05, 0.1) is 11.6 Å². The van der Waals surface area contributed by atoms with Gasteiger partial charge >= 0.3 is 0 Å². The second-order valence-corrected chi connectivity index (χ2v) is 10.3. The zero-order chi connectivity index (χ0) is 23.9. The van der Waals surface area contributed by atoms with Crippen molar-refractivity contribution < 1.29 is 14.7 Å². The van der Waals surface area contributed by atoms with Crippen LogP contribution in [-0.4, -0.2) is 16.8 Å². The van der Waals surface area contributed by atoms with E-state index in [1.807, 2.05) is 67.6 Å². The van der Waals surface area contributed by atoms with Crippen molar-refractivity contribution in [2.24, 2.45) is 0 Å². The normalized spacial score (nSPS) is 18.1. The number of aliphatic hydroxyl groups is 1. The molecule has 3 aromatic rings. The number of benzene rings is 3. The van der Waals surface area contributed by atoms with Gasteiger partial charge in [-0.2, -0.15) is 0 Å². The molecule has 1 atom stereocenters. The molecule has 1 aliphatic rings. The average Bonchev–Trinajstić information content (AvgIpc) is 3.04. The molecule has 0 aliphatic carbocycles. The summed E-state index contributed by atoms with van der Waals surface area (Å²) in [5, 5.41) is 11.5. The number of ketones is 1. The Labute approximate surface area is 202 Å². The highest BCUT2D eigenvalue weighted by Crippen LogP contribution is 2.43. The minimum atomic E-state index is -0.738. The Balaban J connectivity index is 1.97. The maximum atomic E-state index is 13.3. The van der Waals surface area contributed by atoms with Crippen LogP contribution in [0, 0.1) is 6.92 Å². The number of aliphatic hydroxyl groups excluding tert-OH is 1. The lowest BCUT2D eigenvalue weighted by Gasteiger charge is -2.26. The third-order valence-electron chi connectivity index (χ3n) is 6.02. The summed E-state index contributed by atoms with van der Waals surface area (Å²) in [6.45, 7) is 8.18. The SMILES string of the molecule is Cc1ccc(C(C)(C)C)cc1/C(O)=C1\C(=O)C(=O)N(c2ccccc2)C1c1ccc(Br)cc1. The molecule has 1 aliphatic heterocycles. The highest BCUT2D eigenvalue weighted by atomic mass is 79.9. The Bertz CT molecular complexity index is 1250. The molecule has 1 amide bonds. The van der Waals surface area contributed by atoms with Crippen molar-refractivity contribution in [3.63, 3.8) is 0 Å². The van der Waals surface area contributed by atoms with E-state index in [1.54, 1.807) is 12.1 Å². The molecule has 5 heteroatoms. The Morgan fingerprint density at radius 3 is 2.18 bits per heavy atom. The molecule has 1 saturated heterocycles. The lowest BCUT2D eigenvalue weighted by Crippen LogP contribution is -2.29. The summed E-state index contributed by atoms with van der Waals surface area (Å²) in [4.78, 5) is 28.0. The summed E-state index contributed by atoms with van der Waals surface area (Å²) in [6.07, 6.45) is 0. The van der Waals surface area contributed by atoms with Crippen LogP contribution < -0.4 is 4.90 Å². The lowest BCUT2D eigenvalue weighted by atomic mass is 9.84. The molecule has 1 unspecified atom stereocenters. The van der Waals surface area contributed by atoms with E-state index in [0.717, 1.165) is 21.2 Å². The van der Waals surface area contributed by atoms with Gasteiger partial charge in [0, 0.05) is 15.7 Å². The first-order valence-corrected chi connectivity index (χ1v) is 11.6. The fourth-order valence-electron chi connectivity index (χ4n) is 4.14. The molecule has 3 aromatic carbocycles. The van der Waals surface area contributed by atoms with Crippen molar-refractivity contribution in [3.8, 4) is 0 Å². The van der Waals surface area contributed by atoms with Crippen molar-refractivity contribution in [1.29, 1.82) is 0 Å². The van der Waals surface area contributed by atoms with Gasteiger partial charge in [-0.3, -0.25) is 14.5 Å². The van der Waals surface area contributed by atoms with Gasteiger partial charge in [0.2, 0.25) is 0 Å². The predicted molar refractivity (Wildman–Crippen MR) is 135 cm³/mol. The minimum absolute atomic E-state index is 0.0975. The number of carbonyl (C=O) groups is 2. The van der Waals surface area contributed by atoms with E-state index in [9.17, 15) is 14.7 Å². The highest BCUT2D eigenvalue weighted by Gasteiger charge is 2.47. The van der Waals surface area contributed by atoms with Gasteiger partial charge in [-0.25, -0.2) is 0 Å². The highest BCUT2D eigenvalue weighted by molar-refractivity contribution is 9.10. The maximum absolute atomic E-state index is 13.3. The molecule has 0 aromatic heterocycles. The molecule has 1 heterocycles. The van der Waals surface area contributed by atoms with E-state index in [2.05, 4.69) is 36.7 Å². The molecule has 1 fully saturated rings. The van der Waals surface area contributed by atoms with Crippen LogP contribution in [0.4, 0.5) is 5.69 Å². The van der Waals surface area contributed by atoms with Crippen molar-refractivity contribution in [1.82, 2.24) is 0 Å². The number of amides is 1. The van der Waals surface area contributed by atoms with E-state index in [1.165, 1.54) is 4.90 Å². The summed E-state index contributed by atoms with van der Waals surface area (Å²) >= 11 is 3.45. The quantitative estimate of drug-likeness (QED) is 0.246. The summed E-state index contributed by atoms with van der Waals surface area (Å²) in [5.74, 6) is -1.49. The molecule has 0 saturated carbocycles. The third-order valence-corrected chi connectivity index (χ3v) is 6.55. The average molecular weight is 504 g/mol. The lowest BCUT2D eigenvalue weighted by molar-refractivity contribution is -0.132. The van der Waals surface area contributed by atoms with Crippen molar-refractivity contribution in [2.75, 3.05) is 4.90 Å². The van der Waals surface area contributed by atoms with Crippen LogP contribution >= 0.6 is 15.9 Å². The van der Waals surface area contributed by atoms with Gasteiger partial charge in [-0.15, -0.1) is 0 Å². The maximum Gasteiger partial charge on any atom is 0.300 e. The van der Waals surface area contributed by atoms with E-state index in [0.29, 0.717) is 11.3 Å². The number of Topliss-reactive ketones (excluding diaryl/α,β-unsaturated/α-hetero) is 1. The molecular weight excluding hydrogens is 478 g/mol. The van der Waals surface area contributed by atoms with Gasteiger partial charge in [0.15, 0.2) is 0 Å². The number of para-hydroxylation sites is 1. The first-order chi connectivity index (χ1) is 15.6. The van der Waals surface area contributed by atoms with Gasteiger partial charge in [-0.05, 0) is 59.4 Å². The minimum Gasteiger partial charge on any atom is -0.507 e. The second kappa shape index (κ2) is 8.64. The molecule has 168 valence electrons. The number of nitrogens with zero attached hydrogens (tertiary/aromatic N) is 1. The van der Waals surface area contributed by atoms with Crippen LogP contribution in [0.25, 0.3) is 5.76 Å². The first kappa shape index (κ1) is 23.0. The molecule has 1 N–H and O–H groups in total. The number of carbonyl (C=O) groups excluding carboxylic acids is 2. The van der Waals surface area contributed by atoms with Crippen molar-refractivity contribution in [3.05, 3.63) is 105 Å². The summed E-state index contributed by atoms with van der Waals surface area (Å²) < 4.78 is 0.886. The monoisotopic (exact) mass is 503 g/mol. The van der Waals surface area contributed by atoms with Crippen molar-refractivity contribution >= 4 is 39.1 Å². The summed E-state index contributed by atoms with van der Waals surface area (Å²) in [6, 6.07) is 21.7. The van der Waals surface area contributed by atoms with Crippen LogP contribution in [0.5, 0.6) is 0 Å². The first-order valence-electron chi connectivity index (χ1n) is 10.8.